The van der Waals surface area contributed by atoms with E-state index < -0.39 is 0 Å². The van der Waals surface area contributed by atoms with E-state index in [4.69, 9.17) is 4.42 Å². The van der Waals surface area contributed by atoms with Gasteiger partial charge in [0.2, 0.25) is 5.91 Å². The number of aromatic nitrogens is 3. The molecule has 0 aliphatic heterocycles. The summed E-state index contributed by atoms with van der Waals surface area (Å²) in [6, 6.07) is 7.63. The molecular weight excluding hydrogens is 332 g/mol. The van der Waals surface area contributed by atoms with E-state index in [2.05, 4.69) is 15.4 Å². The zero-order valence-electron chi connectivity index (χ0n) is 15.2. The van der Waals surface area contributed by atoms with Gasteiger partial charge in [-0.3, -0.25) is 14.3 Å². The van der Waals surface area contributed by atoms with Crippen LogP contribution in [-0.2, 0) is 17.8 Å². The van der Waals surface area contributed by atoms with Crippen molar-refractivity contribution in [3.05, 3.63) is 47.1 Å². The molecule has 0 atom stereocenters. The number of fused-ring (bicyclic) bond motifs is 1. The molecule has 1 N–H and O–H groups in total. The second-order valence-corrected chi connectivity index (χ2v) is 6.29. The van der Waals surface area contributed by atoms with Gasteiger partial charge in [0.1, 0.15) is 12.1 Å². The molecule has 1 aromatic carbocycles. The van der Waals surface area contributed by atoms with Crippen molar-refractivity contribution in [3.63, 3.8) is 0 Å². The summed E-state index contributed by atoms with van der Waals surface area (Å²) < 4.78 is 7.23. The Kier molecular flexibility index (Phi) is 5.16. The van der Waals surface area contributed by atoms with Gasteiger partial charge in [0.25, 0.3) is 0 Å². The fourth-order valence-electron chi connectivity index (χ4n) is 3.05. The first-order valence-electron chi connectivity index (χ1n) is 8.62. The zero-order chi connectivity index (χ0) is 18.7. The summed E-state index contributed by atoms with van der Waals surface area (Å²) in [6.07, 6.45) is 1.39. The molecule has 7 nitrogen and oxygen atoms in total. The highest BCUT2D eigenvalue weighted by molar-refractivity contribution is 5.96. The molecule has 0 spiro atoms. The Bertz CT molecular complexity index is 922. The number of rotatable bonds is 7. The fourth-order valence-corrected chi connectivity index (χ4v) is 3.05. The average Bonchev–Trinajstić information content (AvgIpc) is 3.12. The van der Waals surface area contributed by atoms with Crippen molar-refractivity contribution < 1.29 is 14.0 Å². The first-order valence-corrected chi connectivity index (χ1v) is 8.62. The maximum Gasteiger partial charge on any atom is 0.241 e. The van der Waals surface area contributed by atoms with Crippen molar-refractivity contribution in [3.8, 4) is 0 Å². The zero-order valence-corrected chi connectivity index (χ0v) is 15.2. The minimum atomic E-state index is -0.136. The van der Waals surface area contributed by atoms with Crippen molar-refractivity contribution in [1.82, 2.24) is 20.1 Å². The molecule has 136 valence electrons. The van der Waals surface area contributed by atoms with E-state index in [9.17, 15) is 9.59 Å². The van der Waals surface area contributed by atoms with Crippen LogP contribution in [0.1, 0.15) is 41.0 Å². The Hall–Kier alpha value is -2.96. The number of Topliss-reactive ketones (excluding diaryl/α,β-unsaturated/α-hetero) is 1. The van der Waals surface area contributed by atoms with E-state index in [0.717, 1.165) is 23.2 Å². The second kappa shape index (κ2) is 7.51. The summed E-state index contributed by atoms with van der Waals surface area (Å²) in [4.78, 5) is 28.2. The van der Waals surface area contributed by atoms with Crippen LogP contribution in [0.15, 0.2) is 28.7 Å². The van der Waals surface area contributed by atoms with Gasteiger partial charge in [0.15, 0.2) is 17.3 Å². The van der Waals surface area contributed by atoms with Gasteiger partial charge in [0.05, 0.1) is 11.3 Å². The minimum absolute atomic E-state index is 0.0370. The number of hydrogen-bond acceptors (Lipinski definition) is 5. The van der Waals surface area contributed by atoms with Crippen molar-refractivity contribution in [2.24, 2.45) is 0 Å². The molecule has 7 heteroatoms. The Morgan fingerprint density at radius 3 is 2.69 bits per heavy atom. The lowest BCUT2D eigenvalue weighted by molar-refractivity contribution is -0.121. The van der Waals surface area contributed by atoms with Crippen molar-refractivity contribution >= 4 is 22.8 Å². The number of nitrogens with zero attached hydrogens (tertiary/aromatic N) is 3. The Labute approximate surface area is 151 Å². The summed E-state index contributed by atoms with van der Waals surface area (Å²) in [7, 11) is 0. The second-order valence-electron chi connectivity index (χ2n) is 6.29. The van der Waals surface area contributed by atoms with E-state index >= 15 is 0 Å². The minimum Gasteiger partial charge on any atom is -0.441 e. The van der Waals surface area contributed by atoms with E-state index in [1.54, 1.807) is 18.5 Å². The van der Waals surface area contributed by atoms with Gasteiger partial charge in [-0.25, -0.2) is 4.98 Å². The van der Waals surface area contributed by atoms with E-state index in [1.165, 1.54) is 6.92 Å². The highest BCUT2D eigenvalue weighted by Crippen LogP contribution is 2.15. The molecule has 0 aliphatic carbocycles. The van der Waals surface area contributed by atoms with Crippen molar-refractivity contribution in [1.29, 1.82) is 0 Å². The number of carbonyl (C=O) groups excluding carboxylic acids is 2. The Balaban J connectivity index is 1.48. The molecule has 26 heavy (non-hydrogen) atoms. The number of ketones is 1. The number of nitrogens with one attached hydrogen (secondary N) is 1. The smallest absolute Gasteiger partial charge is 0.241 e. The van der Waals surface area contributed by atoms with Gasteiger partial charge in [-0.05, 0) is 39.3 Å². The maximum atomic E-state index is 12.1. The predicted molar refractivity (Wildman–Crippen MR) is 97.0 cm³/mol. The summed E-state index contributed by atoms with van der Waals surface area (Å²) in [5.74, 6) is 0.498. The molecule has 0 aliphatic rings. The quantitative estimate of drug-likeness (QED) is 0.520. The van der Waals surface area contributed by atoms with Crippen LogP contribution in [0.4, 0.5) is 0 Å². The third kappa shape index (κ3) is 3.82. The molecular formula is C19H22N4O3. The van der Waals surface area contributed by atoms with E-state index in [-0.39, 0.29) is 18.2 Å². The predicted octanol–water partition coefficient (Wildman–Crippen LogP) is 2.59. The molecule has 0 saturated heterocycles. The molecule has 2 heterocycles. The molecule has 0 fully saturated rings. The molecule has 2 aromatic heterocycles. The summed E-state index contributed by atoms with van der Waals surface area (Å²) in [5.41, 5.74) is 3.58. The van der Waals surface area contributed by atoms with Gasteiger partial charge in [0, 0.05) is 18.7 Å². The fraction of sp³-hybridized carbons (Fsp3) is 0.368. The topological polar surface area (TPSA) is 90.0 Å². The average molecular weight is 354 g/mol. The number of oxazole rings is 1. The number of aryl methyl sites for hydroxylation is 2. The van der Waals surface area contributed by atoms with Crippen LogP contribution >= 0.6 is 0 Å². The van der Waals surface area contributed by atoms with Gasteiger partial charge < -0.3 is 9.73 Å². The largest absolute Gasteiger partial charge is 0.441 e. The van der Waals surface area contributed by atoms with Gasteiger partial charge >= 0.3 is 0 Å². The number of amides is 1. The van der Waals surface area contributed by atoms with Crippen LogP contribution in [0.2, 0.25) is 0 Å². The SMILES string of the molecule is CC(=O)c1c(C)nn(CC(=O)NCCCc2nc3ccccc3o2)c1C. The third-order valence-electron chi connectivity index (χ3n) is 4.25. The highest BCUT2D eigenvalue weighted by atomic mass is 16.3. The first-order chi connectivity index (χ1) is 12.5. The number of hydrogen-bond donors (Lipinski definition) is 1. The molecule has 0 unspecified atom stereocenters. The molecule has 3 aromatic rings. The Morgan fingerprint density at radius 2 is 2.00 bits per heavy atom. The lowest BCUT2D eigenvalue weighted by Crippen LogP contribution is -2.29. The van der Waals surface area contributed by atoms with Crippen LogP contribution in [-0.4, -0.2) is 33.0 Å². The summed E-state index contributed by atoms with van der Waals surface area (Å²) in [5, 5.41) is 7.15. The van der Waals surface area contributed by atoms with Crippen LogP contribution in [0.5, 0.6) is 0 Å². The summed E-state index contributed by atoms with van der Waals surface area (Å²) >= 11 is 0. The van der Waals surface area contributed by atoms with Crippen molar-refractivity contribution in [2.45, 2.75) is 40.2 Å². The molecule has 0 bridgehead atoms. The van der Waals surface area contributed by atoms with E-state index in [0.29, 0.717) is 30.1 Å². The maximum absolute atomic E-state index is 12.1. The summed E-state index contributed by atoms with van der Waals surface area (Å²) in [6.45, 7) is 5.71. The number of benzene rings is 1. The molecule has 0 saturated carbocycles. The van der Waals surface area contributed by atoms with Gasteiger partial charge in [-0.1, -0.05) is 12.1 Å². The molecule has 1 amide bonds. The number of para-hydroxylation sites is 2. The lowest BCUT2D eigenvalue weighted by Gasteiger charge is -2.06. The third-order valence-corrected chi connectivity index (χ3v) is 4.25. The van der Waals surface area contributed by atoms with E-state index in [1.807, 2.05) is 24.3 Å². The monoisotopic (exact) mass is 354 g/mol. The van der Waals surface area contributed by atoms with Crippen LogP contribution < -0.4 is 5.32 Å². The van der Waals surface area contributed by atoms with Crippen LogP contribution in [0.25, 0.3) is 11.1 Å². The number of carbonyl (C=O) groups is 2. The van der Waals surface area contributed by atoms with Crippen LogP contribution in [0, 0.1) is 13.8 Å². The standard InChI is InChI=1S/C19H22N4O3/c1-12-19(14(3)24)13(2)23(22-12)11-17(25)20-10-6-9-18-21-15-7-4-5-8-16(15)26-18/h4-5,7-8H,6,9-11H2,1-3H3,(H,20,25). The molecule has 0 radical (unpaired) electrons. The lowest BCUT2D eigenvalue weighted by atomic mass is 10.1. The van der Waals surface area contributed by atoms with Gasteiger partial charge in [-0.15, -0.1) is 0 Å². The van der Waals surface area contributed by atoms with Crippen LogP contribution in [0.3, 0.4) is 0 Å². The van der Waals surface area contributed by atoms with Gasteiger partial charge in [-0.2, -0.15) is 5.10 Å². The first kappa shape index (κ1) is 17.8. The normalized spacial score (nSPS) is 11.0. The highest BCUT2D eigenvalue weighted by Gasteiger charge is 2.16. The van der Waals surface area contributed by atoms with Crippen molar-refractivity contribution in [2.75, 3.05) is 6.54 Å². The Morgan fingerprint density at radius 1 is 1.23 bits per heavy atom. The molecule has 3 rings (SSSR count).